The molecular formula is C27H28Cl2N4O5S. The molecular weight excluding hydrogens is 563 g/mol. The summed E-state index contributed by atoms with van der Waals surface area (Å²) >= 11 is 13.6. The minimum Gasteiger partial charge on any atom is -0.451 e. The van der Waals surface area contributed by atoms with Gasteiger partial charge in [0.15, 0.2) is 27.7 Å². The molecule has 39 heavy (non-hydrogen) atoms. The molecule has 1 aliphatic carbocycles. The van der Waals surface area contributed by atoms with E-state index in [1.165, 1.54) is 6.07 Å². The van der Waals surface area contributed by atoms with E-state index in [1.807, 2.05) is 32.9 Å². The van der Waals surface area contributed by atoms with Crippen molar-refractivity contribution in [2.24, 2.45) is 16.8 Å². The van der Waals surface area contributed by atoms with E-state index < -0.39 is 15.0 Å². The Morgan fingerprint density at radius 2 is 1.82 bits per heavy atom. The number of nitrogens with one attached hydrogen (secondary N) is 2. The molecule has 0 atom stereocenters. The van der Waals surface area contributed by atoms with Crippen LogP contribution in [0.3, 0.4) is 0 Å². The maximum Gasteiger partial charge on any atom is 0.300 e. The lowest BCUT2D eigenvalue weighted by Gasteiger charge is -2.27. The second-order valence-electron chi connectivity index (χ2n) is 10.3. The standard InChI is InChI=1S/C27H28Cl2N4O5S/c1-12(2)10-30-15-6-7-16-23(14(15)5)37-25-19(28)22-26(20(29)21(25)32-16)38-24-17(33-22)8-9-18(31-11-13(3)4)27(24)39(34,35)36/h6-9,12-13,30,32H,10-11H2,1-5H3,(H,34,35,36). The second-order valence-corrected chi connectivity index (χ2v) is 12.4. The molecule has 3 aliphatic rings. The molecule has 0 saturated heterocycles. The Kier molecular flexibility index (Phi) is 7.17. The van der Waals surface area contributed by atoms with Crippen LogP contribution >= 0.6 is 23.2 Å². The van der Waals surface area contributed by atoms with Gasteiger partial charge in [-0.15, -0.1) is 0 Å². The Bertz CT molecular complexity index is 1770. The lowest BCUT2D eigenvalue weighted by molar-refractivity contribution is 0.474. The van der Waals surface area contributed by atoms with Crippen molar-refractivity contribution < 1.29 is 22.1 Å². The van der Waals surface area contributed by atoms with Crippen LogP contribution in [0.4, 0.5) is 17.1 Å². The Morgan fingerprint density at radius 3 is 2.49 bits per heavy atom. The van der Waals surface area contributed by atoms with Crippen LogP contribution in [0.2, 0.25) is 10.0 Å². The summed E-state index contributed by atoms with van der Waals surface area (Å²) in [6.45, 7) is 11.2. The van der Waals surface area contributed by atoms with Crippen molar-refractivity contribution in [2.75, 3.05) is 23.7 Å². The first-order valence-corrected chi connectivity index (χ1v) is 14.6. The number of hydrogen-bond acceptors (Lipinski definition) is 8. The molecule has 5 rings (SSSR count). The van der Waals surface area contributed by atoms with Gasteiger partial charge in [0.05, 0.1) is 11.0 Å². The Balaban J connectivity index is 1.71. The van der Waals surface area contributed by atoms with Crippen molar-refractivity contribution in [2.45, 2.75) is 39.5 Å². The molecule has 0 unspecified atom stereocenters. The fourth-order valence-electron chi connectivity index (χ4n) is 4.30. The van der Waals surface area contributed by atoms with Crippen LogP contribution in [0.5, 0.6) is 11.5 Å². The average molecular weight is 592 g/mol. The molecule has 3 N–H and O–H groups in total. The average Bonchev–Trinajstić information content (AvgIpc) is 2.87. The largest absolute Gasteiger partial charge is 0.451 e. The fraction of sp³-hybridized carbons (Fsp3) is 0.333. The van der Waals surface area contributed by atoms with Crippen LogP contribution in [-0.4, -0.2) is 31.0 Å². The molecule has 12 heteroatoms. The molecule has 0 amide bonds. The van der Waals surface area contributed by atoms with Gasteiger partial charge in [0.1, 0.15) is 26.9 Å². The predicted octanol–water partition coefficient (Wildman–Crippen LogP) is 7.27. The van der Waals surface area contributed by atoms with E-state index in [2.05, 4.69) is 34.5 Å². The molecule has 0 saturated carbocycles. The molecule has 0 spiro atoms. The van der Waals surface area contributed by atoms with Gasteiger partial charge < -0.3 is 19.8 Å². The highest BCUT2D eigenvalue weighted by Crippen LogP contribution is 2.54. The van der Waals surface area contributed by atoms with Gasteiger partial charge in [-0.05, 0) is 43.0 Å². The van der Waals surface area contributed by atoms with Gasteiger partial charge in [-0.3, -0.25) is 9.55 Å². The van der Waals surface area contributed by atoms with Crippen molar-refractivity contribution in [1.29, 1.82) is 0 Å². The summed E-state index contributed by atoms with van der Waals surface area (Å²) < 4.78 is 47.2. The van der Waals surface area contributed by atoms with E-state index in [4.69, 9.17) is 32.4 Å². The van der Waals surface area contributed by atoms with Gasteiger partial charge in [0.25, 0.3) is 0 Å². The zero-order valence-corrected chi connectivity index (χ0v) is 24.3. The number of ether oxygens (including phenoxy) is 1. The fourth-order valence-corrected chi connectivity index (χ4v) is 5.60. The Hall–Kier alpha value is -3.05. The van der Waals surface area contributed by atoms with Crippen LogP contribution in [0.25, 0.3) is 22.6 Å². The first kappa shape index (κ1) is 27.5. The molecule has 2 heterocycles. The highest BCUT2D eigenvalue weighted by atomic mass is 35.5. The van der Waals surface area contributed by atoms with Crippen LogP contribution in [0.1, 0.15) is 33.3 Å². The van der Waals surface area contributed by atoms with Crippen molar-refractivity contribution in [1.82, 2.24) is 4.98 Å². The maximum atomic E-state index is 12.4. The van der Waals surface area contributed by atoms with Gasteiger partial charge in [-0.1, -0.05) is 50.9 Å². The number of nitrogens with zero attached hydrogens (tertiary/aromatic N) is 2. The Labute approximate surface area is 236 Å². The van der Waals surface area contributed by atoms with E-state index in [-0.39, 0.29) is 49.6 Å². The van der Waals surface area contributed by atoms with E-state index in [1.54, 1.807) is 6.07 Å². The lowest BCUT2D eigenvalue weighted by Crippen LogP contribution is -2.19. The number of benzene rings is 3. The van der Waals surface area contributed by atoms with Crippen molar-refractivity contribution in [3.63, 3.8) is 0 Å². The minimum absolute atomic E-state index is 0.0327. The normalized spacial score (nSPS) is 13.5. The van der Waals surface area contributed by atoms with Gasteiger partial charge in [-0.2, -0.15) is 8.42 Å². The van der Waals surface area contributed by atoms with E-state index in [9.17, 15) is 13.0 Å². The van der Waals surface area contributed by atoms with Gasteiger partial charge in [-0.25, -0.2) is 4.98 Å². The topological polar surface area (TPSA) is 126 Å². The lowest BCUT2D eigenvalue weighted by atomic mass is 10.1. The molecule has 0 bridgehead atoms. The number of fused-ring (bicyclic) bond motifs is 4. The molecule has 2 aromatic carbocycles. The SMILES string of the molecule is Cc1c(NCC(C)C)ccc2c1Oc1c(c(Cl)c3oc4c(S(=O)(=O)O)c(=NCC(C)C)ccc-4nc3c1Cl)N2. The summed E-state index contributed by atoms with van der Waals surface area (Å²) in [5.74, 6) is 1.32. The zero-order chi connectivity index (χ0) is 28.2. The first-order valence-electron chi connectivity index (χ1n) is 12.5. The van der Waals surface area contributed by atoms with Gasteiger partial charge in [0.2, 0.25) is 0 Å². The third kappa shape index (κ3) is 5.02. The summed E-state index contributed by atoms with van der Waals surface area (Å²) in [4.78, 5) is 8.43. The van der Waals surface area contributed by atoms with E-state index in [0.717, 1.165) is 17.8 Å². The minimum atomic E-state index is -4.73. The molecule has 9 nitrogen and oxygen atoms in total. The summed E-state index contributed by atoms with van der Waals surface area (Å²) in [7, 11) is -4.73. The summed E-state index contributed by atoms with van der Waals surface area (Å²) in [6.07, 6.45) is 0. The van der Waals surface area contributed by atoms with E-state index >= 15 is 0 Å². The molecule has 0 fully saturated rings. The summed E-state index contributed by atoms with van der Waals surface area (Å²) in [5.41, 5.74) is 3.22. The van der Waals surface area contributed by atoms with Gasteiger partial charge >= 0.3 is 10.1 Å². The predicted molar refractivity (Wildman–Crippen MR) is 154 cm³/mol. The highest BCUT2D eigenvalue weighted by Gasteiger charge is 2.31. The van der Waals surface area contributed by atoms with Crippen molar-refractivity contribution >= 4 is 61.5 Å². The number of rotatable bonds is 6. The van der Waals surface area contributed by atoms with Crippen LogP contribution in [0, 0.1) is 18.8 Å². The maximum absolute atomic E-state index is 12.4. The molecule has 0 radical (unpaired) electrons. The smallest absolute Gasteiger partial charge is 0.300 e. The molecule has 206 valence electrons. The molecule has 2 aromatic rings. The number of hydrogen-bond donors (Lipinski definition) is 3. The highest BCUT2D eigenvalue weighted by molar-refractivity contribution is 7.86. The van der Waals surface area contributed by atoms with Crippen LogP contribution in [0.15, 0.2) is 38.6 Å². The van der Waals surface area contributed by atoms with Crippen molar-refractivity contribution in [3.05, 3.63) is 45.2 Å². The second kappa shape index (κ2) is 10.2. The van der Waals surface area contributed by atoms with Crippen LogP contribution in [-0.2, 0) is 10.1 Å². The summed E-state index contributed by atoms with van der Waals surface area (Å²) in [5, 5.41) is 6.99. The van der Waals surface area contributed by atoms with Crippen molar-refractivity contribution in [3.8, 4) is 23.0 Å². The third-order valence-corrected chi connectivity index (χ3v) is 7.85. The molecule has 2 aliphatic heterocycles. The molecule has 0 aromatic heterocycles. The number of anilines is 3. The Morgan fingerprint density at radius 1 is 1.08 bits per heavy atom. The van der Waals surface area contributed by atoms with Gasteiger partial charge in [0, 0.05) is 24.3 Å². The van der Waals surface area contributed by atoms with Crippen LogP contribution < -0.4 is 20.7 Å². The van der Waals surface area contributed by atoms with E-state index in [0.29, 0.717) is 29.6 Å². The quantitative estimate of drug-likeness (QED) is 0.139. The monoisotopic (exact) mass is 590 g/mol. The number of halogens is 2. The zero-order valence-electron chi connectivity index (χ0n) is 22.0. The first-order chi connectivity index (χ1) is 18.4. The third-order valence-electron chi connectivity index (χ3n) is 6.23. The number of aromatic nitrogens is 1. The summed E-state index contributed by atoms with van der Waals surface area (Å²) in [6, 6.07) is 6.85.